The minimum atomic E-state index is -4.22. The summed E-state index contributed by atoms with van der Waals surface area (Å²) >= 11 is 0. The fourth-order valence-corrected chi connectivity index (χ4v) is 1.50. The molecule has 0 aliphatic carbocycles. The molecule has 0 amide bonds. The van der Waals surface area contributed by atoms with Crippen LogP contribution in [0, 0.1) is 5.92 Å². The Labute approximate surface area is 102 Å². The van der Waals surface area contributed by atoms with Gasteiger partial charge in [-0.25, -0.2) is 0 Å². The van der Waals surface area contributed by atoms with E-state index in [9.17, 15) is 18.0 Å². The summed E-state index contributed by atoms with van der Waals surface area (Å²) in [5.41, 5.74) is 0. The number of carbonyl (C=O) groups excluding carboxylic acids is 1. The molecule has 0 aromatic rings. The van der Waals surface area contributed by atoms with E-state index in [2.05, 4.69) is 10.1 Å². The van der Waals surface area contributed by atoms with Crippen molar-refractivity contribution in [2.75, 3.05) is 13.7 Å². The number of carboxylic acid groups (broad SMARTS) is 1. The number of halogens is 3. The third kappa shape index (κ3) is 6.43. The fraction of sp³-hybridized carbons (Fsp3) is 0.800. The minimum absolute atomic E-state index is 0.0385. The molecule has 0 spiro atoms. The van der Waals surface area contributed by atoms with Gasteiger partial charge in [0.25, 0.3) is 5.97 Å². The maximum Gasteiger partial charge on any atom is 0.403 e. The SMILES string of the molecule is CC(=O)O.COC(=O)C1CCC(C(F)(F)F)NC1. The van der Waals surface area contributed by atoms with Gasteiger partial charge in [-0.15, -0.1) is 0 Å². The Morgan fingerprint density at radius 1 is 1.33 bits per heavy atom. The number of carbonyl (C=O) groups is 2. The molecule has 0 aromatic heterocycles. The van der Waals surface area contributed by atoms with Gasteiger partial charge >= 0.3 is 12.1 Å². The number of hydrogen-bond acceptors (Lipinski definition) is 4. The fourth-order valence-electron chi connectivity index (χ4n) is 1.50. The van der Waals surface area contributed by atoms with E-state index in [0.29, 0.717) is 0 Å². The van der Waals surface area contributed by atoms with E-state index >= 15 is 0 Å². The van der Waals surface area contributed by atoms with Crippen molar-refractivity contribution >= 4 is 11.9 Å². The van der Waals surface area contributed by atoms with Gasteiger partial charge in [-0.1, -0.05) is 0 Å². The molecule has 1 aliphatic rings. The quantitative estimate of drug-likeness (QED) is 0.700. The van der Waals surface area contributed by atoms with Crippen molar-refractivity contribution in [2.45, 2.75) is 32.0 Å². The highest BCUT2D eigenvalue weighted by atomic mass is 19.4. The molecule has 1 saturated heterocycles. The first-order valence-electron chi connectivity index (χ1n) is 5.26. The number of esters is 1. The summed E-state index contributed by atoms with van der Waals surface area (Å²) in [5, 5.41) is 9.72. The lowest BCUT2D eigenvalue weighted by Gasteiger charge is -2.29. The van der Waals surface area contributed by atoms with Crippen LogP contribution in [0.2, 0.25) is 0 Å². The number of aliphatic carboxylic acids is 1. The van der Waals surface area contributed by atoms with Crippen LogP contribution < -0.4 is 5.32 Å². The predicted octanol–water partition coefficient (Wildman–Crippen LogP) is 1.18. The number of nitrogens with one attached hydrogen (secondary N) is 1. The molecule has 106 valence electrons. The highest BCUT2D eigenvalue weighted by molar-refractivity contribution is 5.72. The van der Waals surface area contributed by atoms with Gasteiger partial charge in [-0.05, 0) is 12.8 Å². The van der Waals surface area contributed by atoms with E-state index in [0.717, 1.165) is 6.92 Å². The first kappa shape index (κ1) is 16.7. The number of piperidine rings is 1. The number of alkyl halides is 3. The first-order valence-corrected chi connectivity index (χ1v) is 5.26. The van der Waals surface area contributed by atoms with Crippen molar-refractivity contribution in [3.63, 3.8) is 0 Å². The van der Waals surface area contributed by atoms with Crippen LogP contribution in [0.5, 0.6) is 0 Å². The molecule has 2 N–H and O–H groups in total. The zero-order valence-electron chi connectivity index (χ0n) is 10.1. The van der Waals surface area contributed by atoms with Gasteiger partial charge in [-0.3, -0.25) is 9.59 Å². The van der Waals surface area contributed by atoms with E-state index in [1.54, 1.807) is 0 Å². The average Bonchev–Trinajstić information content (AvgIpc) is 2.26. The summed E-state index contributed by atoms with van der Waals surface area (Å²) in [5.74, 6) is -1.73. The first-order chi connectivity index (χ1) is 8.18. The Morgan fingerprint density at radius 3 is 2.11 bits per heavy atom. The topological polar surface area (TPSA) is 75.6 Å². The molecule has 5 nitrogen and oxygen atoms in total. The molecule has 0 saturated carbocycles. The standard InChI is InChI=1S/C8H12F3NO2.C2H4O2/c1-14-7(13)5-2-3-6(12-4-5)8(9,10)11;1-2(3)4/h5-6,12H,2-4H2,1H3;1H3,(H,3,4). The van der Waals surface area contributed by atoms with E-state index < -0.39 is 30.1 Å². The molecule has 1 aliphatic heterocycles. The highest BCUT2D eigenvalue weighted by Gasteiger charge is 2.42. The third-order valence-corrected chi connectivity index (χ3v) is 2.34. The number of methoxy groups -OCH3 is 1. The van der Waals surface area contributed by atoms with Gasteiger partial charge in [-0.2, -0.15) is 13.2 Å². The summed E-state index contributed by atoms with van der Waals surface area (Å²) in [6.45, 7) is 1.12. The second kappa shape index (κ2) is 7.20. The van der Waals surface area contributed by atoms with Crippen molar-refractivity contribution in [2.24, 2.45) is 5.92 Å². The molecule has 8 heteroatoms. The summed E-state index contributed by atoms with van der Waals surface area (Å²) in [6, 6.07) is -1.48. The Balaban J connectivity index is 0.000000631. The second-order valence-corrected chi connectivity index (χ2v) is 3.82. The number of hydrogen-bond donors (Lipinski definition) is 2. The predicted molar refractivity (Wildman–Crippen MR) is 55.9 cm³/mol. The van der Waals surface area contributed by atoms with E-state index in [-0.39, 0.29) is 19.4 Å². The van der Waals surface area contributed by atoms with E-state index in [4.69, 9.17) is 9.90 Å². The van der Waals surface area contributed by atoms with Gasteiger partial charge in [0.1, 0.15) is 6.04 Å². The van der Waals surface area contributed by atoms with Crippen molar-refractivity contribution in [3.8, 4) is 0 Å². The van der Waals surface area contributed by atoms with Gasteiger partial charge in [0, 0.05) is 13.5 Å². The number of ether oxygens (including phenoxy) is 1. The molecule has 1 rings (SSSR count). The summed E-state index contributed by atoms with van der Waals surface area (Å²) in [6.07, 6.45) is -4.06. The molecule has 0 radical (unpaired) electrons. The van der Waals surface area contributed by atoms with Crippen LogP contribution in [0.15, 0.2) is 0 Å². The lowest BCUT2D eigenvalue weighted by molar-refractivity contribution is -0.167. The van der Waals surface area contributed by atoms with E-state index in [1.165, 1.54) is 7.11 Å². The van der Waals surface area contributed by atoms with Crippen LogP contribution >= 0.6 is 0 Å². The van der Waals surface area contributed by atoms with Crippen LogP contribution in [0.3, 0.4) is 0 Å². The summed E-state index contributed by atoms with van der Waals surface area (Å²) in [7, 11) is 1.23. The second-order valence-electron chi connectivity index (χ2n) is 3.82. The molecular formula is C10H16F3NO4. The van der Waals surface area contributed by atoms with Gasteiger partial charge in [0.05, 0.1) is 13.0 Å². The molecular weight excluding hydrogens is 255 g/mol. The van der Waals surface area contributed by atoms with Gasteiger partial charge in [0.15, 0.2) is 0 Å². The zero-order chi connectivity index (χ0) is 14.3. The smallest absolute Gasteiger partial charge is 0.403 e. The maximum absolute atomic E-state index is 12.2. The monoisotopic (exact) mass is 271 g/mol. The van der Waals surface area contributed by atoms with Crippen LogP contribution in [-0.2, 0) is 14.3 Å². The van der Waals surface area contributed by atoms with Gasteiger partial charge < -0.3 is 15.2 Å². The largest absolute Gasteiger partial charge is 0.481 e. The highest BCUT2D eigenvalue weighted by Crippen LogP contribution is 2.28. The number of rotatable bonds is 1. The van der Waals surface area contributed by atoms with Crippen LogP contribution in [0.1, 0.15) is 19.8 Å². The van der Waals surface area contributed by atoms with Crippen LogP contribution in [0.4, 0.5) is 13.2 Å². The molecule has 1 heterocycles. The molecule has 1 fully saturated rings. The molecule has 0 bridgehead atoms. The number of carboxylic acids is 1. The van der Waals surface area contributed by atoms with Crippen LogP contribution in [-0.4, -0.2) is 42.9 Å². The molecule has 2 atom stereocenters. The summed E-state index contributed by atoms with van der Waals surface area (Å²) < 4.78 is 41.0. The molecule has 0 aromatic carbocycles. The van der Waals surface area contributed by atoms with Crippen molar-refractivity contribution in [1.82, 2.24) is 5.32 Å². The minimum Gasteiger partial charge on any atom is -0.481 e. The van der Waals surface area contributed by atoms with Crippen LogP contribution in [0.25, 0.3) is 0 Å². The zero-order valence-corrected chi connectivity index (χ0v) is 10.1. The normalized spacial score (nSPS) is 23.6. The average molecular weight is 271 g/mol. The Hall–Kier alpha value is -1.31. The lowest BCUT2D eigenvalue weighted by atomic mass is 9.94. The Kier molecular flexibility index (Phi) is 6.67. The third-order valence-electron chi connectivity index (χ3n) is 2.34. The van der Waals surface area contributed by atoms with E-state index in [1.807, 2.05) is 0 Å². The lowest BCUT2D eigenvalue weighted by Crippen LogP contribution is -2.49. The van der Waals surface area contributed by atoms with Gasteiger partial charge in [0.2, 0.25) is 0 Å². The molecule has 2 unspecified atom stereocenters. The Bertz CT molecular complexity index is 281. The summed E-state index contributed by atoms with van der Waals surface area (Å²) in [4.78, 5) is 20.0. The Morgan fingerprint density at radius 2 is 1.83 bits per heavy atom. The van der Waals surface area contributed by atoms with Crippen molar-refractivity contribution in [3.05, 3.63) is 0 Å². The van der Waals surface area contributed by atoms with Crippen molar-refractivity contribution in [1.29, 1.82) is 0 Å². The molecule has 18 heavy (non-hydrogen) atoms. The van der Waals surface area contributed by atoms with Crippen molar-refractivity contribution < 1.29 is 32.6 Å². The maximum atomic E-state index is 12.2.